The molecule has 18 heavy (non-hydrogen) atoms. The Kier molecular flexibility index (Phi) is 4.25. The van der Waals surface area contributed by atoms with Crippen molar-refractivity contribution < 1.29 is 4.79 Å². The number of aryl methyl sites for hydroxylation is 1. The number of amides is 1. The van der Waals surface area contributed by atoms with Crippen molar-refractivity contribution in [2.45, 2.75) is 13.5 Å². The Labute approximate surface area is 110 Å². The van der Waals surface area contributed by atoms with E-state index >= 15 is 0 Å². The van der Waals surface area contributed by atoms with Crippen molar-refractivity contribution >= 4 is 23.3 Å². The van der Waals surface area contributed by atoms with Gasteiger partial charge < -0.3 is 5.32 Å². The average molecular weight is 258 g/mol. The van der Waals surface area contributed by atoms with Crippen molar-refractivity contribution in [2.75, 3.05) is 0 Å². The summed E-state index contributed by atoms with van der Waals surface area (Å²) in [5.74, 6) is -0.0927. The molecule has 1 amide bonds. The Morgan fingerprint density at radius 2 is 2.17 bits per heavy atom. The van der Waals surface area contributed by atoms with Gasteiger partial charge in [-0.05, 0) is 18.6 Å². The fourth-order valence-corrected chi connectivity index (χ4v) is 2.19. The second-order valence-electron chi connectivity index (χ2n) is 3.81. The monoisotopic (exact) mass is 258 g/mol. The van der Waals surface area contributed by atoms with Crippen molar-refractivity contribution in [2.24, 2.45) is 0 Å². The normalized spacial score (nSPS) is 10.7. The molecule has 0 radical (unpaired) electrons. The molecular weight excluding hydrogens is 244 g/mol. The standard InChI is InChI=1S/C14H14N2OS/c1-11-15-9-13(18-11)10-16-14(17)8-7-12-5-3-2-4-6-12/h2-9H,10H2,1H3,(H,16,17). The topological polar surface area (TPSA) is 42.0 Å². The summed E-state index contributed by atoms with van der Waals surface area (Å²) in [6.45, 7) is 2.48. The van der Waals surface area contributed by atoms with Crippen molar-refractivity contribution in [3.05, 3.63) is 58.1 Å². The zero-order valence-corrected chi connectivity index (χ0v) is 10.9. The van der Waals surface area contributed by atoms with Crippen LogP contribution in [0.5, 0.6) is 0 Å². The third-order valence-corrected chi connectivity index (χ3v) is 3.25. The molecule has 2 rings (SSSR count). The van der Waals surface area contributed by atoms with Crippen LogP contribution in [0.3, 0.4) is 0 Å². The molecule has 0 fully saturated rings. The molecule has 1 heterocycles. The quantitative estimate of drug-likeness (QED) is 0.857. The first-order chi connectivity index (χ1) is 8.74. The van der Waals surface area contributed by atoms with Gasteiger partial charge in [0.05, 0.1) is 11.6 Å². The first-order valence-electron chi connectivity index (χ1n) is 5.66. The predicted molar refractivity (Wildman–Crippen MR) is 74.2 cm³/mol. The van der Waals surface area contributed by atoms with Gasteiger partial charge in [-0.3, -0.25) is 4.79 Å². The van der Waals surface area contributed by atoms with Crippen LogP contribution in [0.15, 0.2) is 42.6 Å². The maximum Gasteiger partial charge on any atom is 0.244 e. The highest BCUT2D eigenvalue weighted by molar-refractivity contribution is 7.11. The van der Waals surface area contributed by atoms with Crippen LogP contribution in [0.2, 0.25) is 0 Å². The van der Waals surface area contributed by atoms with Gasteiger partial charge in [0.25, 0.3) is 0 Å². The zero-order valence-electron chi connectivity index (χ0n) is 10.1. The van der Waals surface area contributed by atoms with Crippen molar-refractivity contribution in [3.8, 4) is 0 Å². The first-order valence-corrected chi connectivity index (χ1v) is 6.48. The number of hydrogen-bond acceptors (Lipinski definition) is 3. The highest BCUT2D eigenvalue weighted by Crippen LogP contribution is 2.10. The predicted octanol–water partition coefficient (Wildman–Crippen LogP) is 2.78. The fourth-order valence-electron chi connectivity index (χ4n) is 1.46. The molecule has 1 N–H and O–H groups in total. The van der Waals surface area contributed by atoms with E-state index in [1.54, 1.807) is 29.7 Å². The summed E-state index contributed by atoms with van der Waals surface area (Å²) in [6.07, 6.45) is 5.14. The van der Waals surface area contributed by atoms with Crippen LogP contribution in [0.1, 0.15) is 15.4 Å². The Morgan fingerprint density at radius 3 is 2.83 bits per heavy atom. The molecule has 0 aliphatic heterocycles. The Balaban J connectivity index is 1.84. The van der Waals surface area contributed by atoms with Gasteiger partial charge in [-0.1, -0.05) is 30.3 Å². The van der Waals surface area contributed by atoms with Crippen LogP contribution in [0.4, 0.5) is 0 Å². The molecule has 0 aliphatic rings. The van der Waals surface area contributed by atoms with Gasteiger partial charge in [0.1, 0.15) is 0 Å². The summed E-state index contributed by atoms with van der Waals surface area (Å²) in [4.78, 5) is 16.8. The number of nitrogens with zero attached hydrogens (tertiary/aromatic N) is 1. The third-order valence-electron chi connectivity index (χ3n) is 2.33. The van der Waals surface area contributed by atoms with Crippen LogP contribution in [-0.4, -0.2) is 10.9 Å². The van der Waals surface area contributed by atoms with Gasteiger partial charge in [0, 0.05) is 17.2 Å². The Hall–Kier alpha value is -1.94. The molecule has 0 aliphatic carbocycles. The maximum absolute atomic E-state index is 11.6. The minimum absolute atomic E-state index is 0.0927. The van der Waals surface area contributed by atoms with E-state index in [9.17, 15) is 4.79 Å². The Bertz CT molecular complexity index is 546. The largest absolute Gasteiger partial charge is 0.348 e. The van der Waals surface area contributed by atoms with E-state index in [1.165, 1.54) is 0 Å². The summed E-state index contributed by atoms with van der Waals surface area (Å²) < 4.78 is 0. The van der Waals surface area contributed by atoms with Crippen molar-refractivity contribution in [3.63, 3.8) is 0 Å². The van der Waals surface area contributed by atoms with E-state index in [1.807, 2.05) is 37.3 Å². The number of rotatable bonds is 4. The number of hydrogen-bond donors (Lipinski definition) is 1. The molecule has 4 heteroatoms. The van der Waals surface area contributed by atoms with E-state index in [2.05, 4.69) is 10.3 Å². The zero-order chi connectivity index (χ0) is 12.8. The van der Waals surface area contributed by atoms with Crippen LogP contribution < -0.4 is 5.32 Å². The molecule has 3 nitrogen and oxygen atoms in total. The lowest BCUT2D eigenvalue weighted by molar-refractivity contribution is -0.116. The van der Waals surface area contributed by atoms with Crippen molar-refractivity contribution in [1.82, 2.24) is 10.3 Å². The van der Waals surface area contributed by atoms with Gasteiger partial charge in [-0.15, -0.1) is 11.3 Å². The first kappa shape index (κ1) is 12.5. The molecule has 0 saturated heterocycles. The van der Waals surface area contributed by atoms with Crippen molar-refractivity contribution in [1.29, 1.82) is 0 Å². The lowest BCUT2D eigenvalue weighted by Gasteiger charge is -1.98. The minimum atomic E-state index is -0.0927. The maximum atomic E-state index is 11.6. The van der Waals surface area contributed by atoms with E-state index < -0.39 is 0 Å². The molecule has 0 unspecified atom stereocenters. The number of thiazole rings is 1. The molecule has 1 aromatic heterocycles. The summed E-state index contributed by atoms with van der Waals surface area (Å²) >= 11 is 1.59. The number of nitrogens with one attached hydrogen (secondary N) is 1. The number of aromatic nitrogens is 1. The molecule has 1 aromatic carbocycles. The summed E-state index contributed by atoms with van der Waals surface area (Å²) in [6, 6.07) is 9.74. The molecule has 0 atom stereocenters. The van der Waals surface area contributed by atoms with Crippen LogP contribution in [0, 0.1) is 6.92 Å². The van der Waals surface area contributed by atoms with Gasteiger partial charge in [0.2, 0.25) is 5.91 Å². The highest BCUT2D eigenvalue weighted by Gasteiger charge is 1.99. The third kappa shape index (κ3) is 3.82. The summed E-state index contributed by atoms with van der Waals surface area (Å²) in [7, 11) is 0. The molecule has 0 spiro atoms. The second-order valence-corrected chi connectivity index (χ2v) is 5.13. The minimum Gasteiger partial charge on any atom is -0.348 e. The Morgan fingerprint density at radius 1 is 1.39 bits per heavy atom. The smallest absolute Gasteiger partial charge is 0.244 e. The fraction of sp³-hybridized carbons (Fsp3) is 0.143. The van der Waals surface area contributed by atoms with Crippen LogP contribution in [-0.2, 0) is 11.3 Å². The molecule has 0 saturated carbocycles. The summed E-state index contributed by atoms with van der Waals surface area (Å²) in [5, 5.41) is 3.84. The SMILES string of the molecule is Cc1ncc(CNC(=O)C=Cc2ccccc2)s1. The van der Waals surface area contributed by atoms with Crippen LogP contribution in [0.25, 0.3) is 6.08 Å². The number of carbonyl (C=O) groups excluding carboxylic acids is 1. The van der Waals surface area contributed by atoms with Crippen LogP contribution >= 0.6 is 11.3 Å². The van der Waals surface area contributed by atoms with E-state index in [-0.39, 0.29) is 5.91 Å². The van der Waals surface area contributed by atoms with E-state index in [4.69, 9.17) is 0 Å². The molecule has 0 bridgehead atoms. The number of benzene rings is 1. The number of carbonyl (C=O) groups is 1. The van der Waals surface area contributed by atoms with Gasteiger partial charge in [-0.25, -0.2) is 4.98 Å². The second kappa shape index (κ2) is 6.12. The molecular formula is C14H14N2OS. The summed E-state index contributed by atoms with van der Waals surface area (Å²) in [5.41, 5.74) is 1.02. The lowest BCUT2D eigenvalue weighted by Crippen LogP contribution is -2.19. The average Bonchev–Trinajstić information content (AvgIpc) is 2.81. The molecule has 92 valence electrons. The highest BCUT2D eigenvalue weighted by atomic mass is 32.1. The lowest BCUT2D eigenvalue weighted by atomic mass is 10.2. The van der Waals surface area contributed by atoms with Gasteiger partial charge in [-0.2, -0.15) is 0 Å². The van der Waals surface area contributed by atoms with Gasteiger partial charge >= 0.3 is 0 Å². The molecule has 2 aromatic rings. The van der Waals surface area contributed by atoms with E-state index in [0.717, 1.165) is 15.4 Å². The van der Waals surface area contributed by atoms with Gasteiger partial charge in [0.15, 0.2) is 0 Å². The van der Waals surface area contributed by atoms with E-state index in [0.29, 0.717) is 6.54 Å².